The third kappa shape index (κ3) is 5.46. The number of aromatic nitrogens is 2. The lowest BCUT2D eigenvalue weighted by Crippen LogP contribution is -2.40. The number of anilines is 3. The smallest absolute Gasteiger partial charge is 0.328 e. The molecule has 0 aliphatic carbocycles. The fraction of sp³-hybridized carbons (Fsp3) is 0.481. The number of hydrogen-bond acceptors (Lipinski definition) is 10. The number of amides is 3. The molecule has 5 rings (SSSR count). The second-order valence-electron chi connectivity index (χ2n) is 9.88. The molecule has 2 saturated heterocycles. The van der Waals surface area contributed by atoms with Crippen molar-refractivity contribution in [3.63, 3.8) is 0 Å². The van der Waals surface area contributed by atoms with Crippen molar-refractivity contribution in [3.05, 3.63) is 40.7 Å². The summed E-state index contributed by atoms with van der Waals surface area (Å²) in [6.45, 7) is 2.05. The van der Waals surface area contributed by atoms with E-state index in [-0.39, 0.29) is 36.1 Å². The Bertz CT molecular complexity index is 1350. The Balaban J connectivity index is 1.34. The zero-order valence-electron chi connectivity index (χ0n) is 22.4. The van der Waals surface area contributed by atoms with Gasteiger partial charge < -0.3 is 24.4 Å². The number of likely N-dealkylation sites (tertiary alicyclic amines) is 1. The van der Waals surface area contributed by atoms with Gasteiger partial charge in [0, 0.05) is 58.1 Å². The molecule has 0 spiro atoms. The van der Waals surface area contributed by atoms with Crippen LogP contribution in [-0.4, -0.2) is 91.9 Å². The maximum Gasteiger partial charge on any atom is 0.328 e. The summed E-state index contributed by atoms with van der Waals surface area (Å²) in [7, 11) is 3.11. The van der Waals surface area contributed by atoms with Crippen LogP contribution in [0.4, 0.5) is 22.1 Å². The Morgan fingerprint density at radius 1 is 1.27 bits per heavy atom. The van der Waals surface area contributed by atoms with Gasteiger partial charge in [0.05, 0.1) is 30.5 Å². The van der Waals surface area contributed by atoms with E-state index in [1.807, 2.05) is 6.07 Å². The van der Waals surface area contributed by atoms with E-state index in [9.17, 15) is 19.6 Å². The van der Waals surface area contributed by atoms with Crippen LogP contribution in [0.25, 0.3) is 0 Å². The number of carbonyl (C=O) groups is 3. The predicted octanol–water partition coefficient (Wildman–Crippen LogP) is 1.72. The largest absolute Gasteiger partial charge is 0.377 e. The highest BCUT2D eigenvalue weighted by Crippen LogP contribution is 2.30. The summed E-state index contributed by atoms with van der Waals surface area (Å²) in [4.78, 5) is 49.8. The van der Waals surface area contributed by atoms with Gasteiger partial charge in [-0.15, -0.1) is 0 Å². The fourth-order valence-corrected chi connectivity index (χ4v) is 5.29. The number of pyridine rings is 2. The first-order valence-electron chi connectivity index (χ1n) is 13.1. The third-order valence-corrected chi connectivity index (χ3v) is 7.46. The Hall–Kier alpha value is -4.12. The van der Waals surface area contributed by atoms with Gasteiger partial charge in [-0.3, -0.25) is 19.8 Å². The van der Waals surface area contributed by atoms with E-state index < -0.39 is 12.1 Å². The minimum Gasteiger partial charge on any atom is -0.377 e. The summed E-state index contributed by atoms with van der Waals surface area (Å²) >= 11 is 0. The first-order chi connectivity index (χ1) is 19.4. The number of aryl methyl sites for hydroxylation is 1. The monoisotopic (exact) mass is 549 g/mol. The van der Waals surface area contributed by atoms with Gasteiger partial charge >= 0.3 is 6.03 Å². The number of carbonyl (C=O) groups excluding carboxylic acids is 3. The summed E-state index contributed by atoms with van der Waals surface area (Å²) in [6, 6.07) is 4.94. The summed E-state index contributed by atoms with van der Waals surface area (Å²) in [6.07, 6.45) is 3.38. The molecule has 13 nitrogen and oxygen atoms in total. The molecule has 0 radical (unpaired) electrons. The van der Waals surface area contributed by atoms with Crippen LogP contribution in [0.15, 0.2) is 18.3 Å². The molecule has 13 heteroatoms. The van der Waals surface area contributed by atoms with Crippen molar-refractivity contribution in [3.8, 4) is 6.07 Å². The lowest BCUT2D eigenvalue weighted by molar-refractivity contribution is -0.136. The van der Waals surface area contributed by atoms with Crippen LogP contribution < -0.4 is 15.5 Å². The molecule has 2 aromatic heterocycles. The van der Waals surface area contributed by atoms with E-state index in [2.05, 4.69) is 26.7 Å². The van der Waals surface area contributed by atoms with Gasteiger partial charge in [0.1, 0.15) is 35.6 Å². The number of nitrogens with one attached hydrogen (secondary N) is 2. The summed E-state index contributed by atoms with van der Waals surface area (Å²) < 4.78 is 16.1. The molecule has 210 valence electrons. The maximum atomic E-state index is 13.4. The van der Waals surface area contributed by atoms with Gasteiger partial charge in [-0.05, 0) is 24.5 Å². The van der Waals surface area contributed by atoms with Crippen LogP contribution in [0, 0.1) is 11.3 Å². The Labute approximate surface area is 231 Å². The molecule has 2 N–H and O–H groups in total. The Morgan fingerprint density at radius 3 is 2.85 bits per heavy atom. The molecule has 3 amide bonds. The molecule has 2 aromatic rings. The molecule has 40 heavy (non-hydrogen) atoms. The van der Waals surface area contributed by atoms with E-state index in [1.54, 1.807) is 18.1 Å². The molecule has 5 heterocycles. The highest BCUT2D eigenvalue weighted by atomic mass is 16.5. The van der Waals surface area contributed by atoms with Gasteiger partial charge in [-0.25, -0.2) is 14.8 Å². The van der Waals surface area contributed by atoms with E-state index in [1.165, 1.54) is 18.2 Å². The van der Waals surface area contributed by atoms with Crippen molar-refractivity contribution in [1.29, 1.82) is 5.26 Å². The lowest BCUT2D eigenvalue weighted by atomic mass is 10.0. The summed E-state index contributed by atoms with van der Waals surface area (Å²) in [5.74, 6) is 0.536. The average molecular weight is 550 g/mol. The van der Waals surface area contributed by atoms with Gasteiger partial charge in [0.25, 0.3) is 5.91 Å². The van der Waals surface area contributed by atoms with Gasteiger partial charge in [0.15, 0.2) is 6.29 Å². The van der Waals surface area contributed by atoms with Crippen molar-refractivity contribution in [2.45, 2.75) is 44.1 Å². The molecule has 0 unspecified atom stereocenters. The van der Waals surface area contributed by atoms with Gasteiger partial charge in [-0.2, -0.15) is 5.26 Å². The van der Waals surface area contributed by atoms with Crippen molar-refractivity contribution < 1.29 is 28.6 Å². The number of urea groups is 1. The number of hydrogen-bond donors (Lipinski definition) is 2. The number of methoxy groups -OCH3 is 2. The topological polar surface area (TPSA) is 159 Å². The number of rotatable bonds is 8. The predicted molar refractivity (Wildman–Crippen MR) is 143 cm³/mol. The Kier molecular flexibility index (Phi) is 8.20. The average Bonchev–Trinajstić information content (AvgIpc) is 3.57. The molecular formula is C27H31N7O6. The molecule has 3 aliphatic heterocycles. The van der Waals surface area contributed by atoms with Crippen molar-refractivity contribution in [2.24, 2.45) is 0 Å². The standard InChI is InChI=1S/C27H31N7O6/c1-38-22-5-7-33(26(22)36)12-17-8-16-4-3-6-34(25(16)31-20(17)13-35)27(37)32-24-9-19(18(10-28)11-29-24)30-21-14-40-15-23(21)39-2/h8-9,11,13,21-23H,3-7,12,14-15H2,1-2H3,(H2,29,30,32,37)/t21-,22+,23-/m1/s1. The van der Waals surface area contributed by atoms with Crippen LogP contribution in [0.1, 0.15) is 40.0 Å². The van der Waals surface area contributed by atoms with Crippen LogP contribution >= 0.6 is 0 Å². The number of nitrogens with zero attached hydrogens (tertiary/aromatic N) is 5. The normalized spacial score (nSPS) is 22.1. The zero-order valence-corrected chi connectivity index (χ0v) is 22.4. The fourth-order valence-electron chi connectivity index (χ4n) is 5.29. The van der Waals surface area contributed by atoms with E-state index in [0.717, 1.165) is 5.56 Å². The lowest BCUT2D eigenvalue weighted by Gasteiger charge is -2.29. The quantitative estimate of drug-likeness (QED) is 0.464. The molecule has 2 fully saturated rings. The maximum absolute atomic E-state index is 13.4. The highest BCUT2D eigenvalue weighted by Gasteiger charge is 2.33. The van der Waals surface area contributed by atoms with Crippen molar-refractivity contribution >= 4 is 35.5 Å². The third-order valence-electron chi connectivity index (χ3n) is 7.46. The minimum absolute atomic E-state index is 0.111. The first kappa shape index (κ1) is 27.4. The van der Waals surface area contributed by atoms with Gasteiger partial charge in [-0.1, -0.05) is 0 Å². The van der Waals surface area contributed by atoms with Crippen molar-refractivity contribution in [2.75, 3.05) is 56.1 Å². The molecule has 3 atom stereocenters. The summed E-state index contributed by atoms with van der Waals surface area (Å²) in [5.41, 5.74) is 2.46. The minimum atomic E-state index is -0.469. The van der Waals surface area contributed by atoms with E-state index in [0.29, 0.717) is 74.5 Å². The van der Waals surface area contributed by atoms with Gasteiger partial charge in [0.2, 0.25) is 0 Å². The first-order valence-corrected chi connectivity index (χ1v) is 13.1. The molecule has 0 saturated carbocycles. The zero-order chi connectivity index (χ0) is 28.2. The number of aldehydes is 1. The second-order valence-corrected chi connectivity index (χ2v) is 9.88. The molecule has 0 aromatic carbocycles. The van der Waals surface area contributed by atoms with Crippen LogP contribution in [0.3, 0.4) is 0 Å². The van der Waals surface area contributed by atoms with Crippen molar-refractivity contribution in [1.82, 2.24) is 14.9 Å². The van der Waals surface area contributed by atoms with Crippen LogP contribution in [0.5, 0.6) is 0 Å². The van der Waals surface area contributed by atoms with Crippen LogP contribution in [-0.2, 0) is 32.0 Å². The molecule has 3 aliphatic rings. The number of ether oxygens (including phenoxy) is 3. The van der Waals surface area contributed by atoms with E-state index >= 15 is 0 Å². The second kappa shape index (κ2) is 12.0. The van der Waals surface area contributed by atoms with Crippen LogP contribution in [0.2, 0.25) is 0 Å². The molecule has 0 bridgehead atoms. The van der Waals surface area contributed by atoms with E-state index in [4.69, 9.17) is 14.2 Å². The summed E-state index contributed by atoms with van der Waals surface area (Å²) in [5, 5.41) is 15.6. The number of nitriles is 1. The molecular weight excluding hydrogens is 518 g/mol. The number of fused-ring (bicyclic) bond motifs is 1. The highest BCUT2D eigenvalue weighted by molar-refractivity contribution is 6.02. The Morgan fingerprint density at radius 2 is 2.12 bits per heavy atom. The SMILES string of the molecule is CO[C@H]1CCN(Cc2cc3c(nc2C=O)N(C(=O)Nc2cc(N[C@@H]4COC[C@H]4OC)c(C#N)cn2)CCC3)C1=O.